The highest BCUT2D eigenvalue weighted by molar-refractivity contribution is 9.09. The summed E-state index contributed by atoms with van der Waals surface area (Å²) in [5.41, 5.74) is 0. The first kappa shape index (κ1) is 12.5. The molecule has 1 nitrogen and oxygen atoms in total. The number of halogens is 1. The first-order chi connectivity index (χ1) is 5.85. The Balaban J connectivity index is 3.26. The number of alkyl halides is 1. The van der Waals surface area contributed by atoms with E-state index in [1.165, 1.54) is 38.3 Å². The lowest BCUT2D eigenvalue weighted by atomic mass is 9.59. The molecule has 0 aliphatic rings. The standard InChI is InChI=1S/C9H20BBrO/c1-3-4-7-10(12-2)8-5-6-9-11/h3-9H2,1-2H3. The summed E-state index contributed by atoms with van der Waals surface area (Å²) in [7, 11) is 1.83. The van der Waals surface area contributed by atoms with E-state index in [1.54, 1.807) is 0 Å². The predicted molar refractivity (Wildman–Crippen MR) is 60.3 cm³/mol. The minimum absolute atomic E-state index is 0.504. The van der Waals surface area contributed by atoms with Crippen LogP contribution < -0.4 is 0 Å². The maximum atomic E-state index is 5.38. The van der Waals surface area contributed by atoms with Gasteiger partial charge in [-0.15, -0.1) is 0 Å². The molecule has 0 fully saturated rings. The average Bonchev–Trinajstić information content (AvgIpc) is 2.11. The van der Waals surface area contributed by atoms with E-state index < -0.39 is 0 Å². The molecule has 0 rings (SSSR count). The van der Waals surface area contributed by atoms with Crippen molar-refractivity contribution in [3.63, 3.8) is 0 Å². The maximum absolute atomic E-state index is 5.38. The Bertz CT molecular complexity index is 90.6. The molecule has 0 atom stereocenters. The molecular weight excluding hydrogens is 215 g/mol. The molecule has 0 heterocycles. The topological polar surface area (TPSA) is 9.23 Å². The third kappa shape index (κ3) is 7.17. The molecule has 0 unspecified atom stereocenters. The minimum Gasteiger partial charge on any atom is -0.439 e. The average molecular weight is 235 g/mol. The predicted octanol–water partition coefficient (Wildman–Crippen LogP) is 3.60. The molecule has 0 saturated carbocycles. The van der Waals surface area contributed by atoms with Gasteiger partial charge in [0.2, 0.25) is 0 Å². The molecule has 0 aliphatic carbocycles. The highest BCUT2D eigenvalue weighted by atomic mass is 79.9. The van der Waals surface area contributed by atoms with Crippen LogP contribution in [0.1, 0.15) is 32.6 Å². The van der Waals surface area contributed by atoms with E-state index in [0.29, 0.717) is 6.92 Å². The van der Waals surface area contributed by atoms with Gasteiger partial charge in [-0.3, -0.25) is 0 Å². The van der Waals surface area contributed by atoms with Crippen LogP contribution in [0.2, 0.25) is 12.6 Å². The van der Waals surface area contributed by atoms with Crippen LogP contribution in [0.25, 0.3) is 0 Å². The van der Waals surface area contributed by atoms with Crippen LogP contribution in [0, 0.1) is 0 Å². The van der Waals surface area contributed by atoms with Crippen LogP contribution in [-0.2, 0) is 4.65 Å². The third-order valence-electron chi connectivity index (χ3n) is 2.12. The lowest BCUT2D eigenvalue weighted by molar-refractivity contribution is 0.414. The van der Waals surface area contributed by atoms with Gasteiger partial charge < -0.3 is 4.65 Å². The fourth-order valence-electron chi connectivity index (χ4n) is 1.28. The van der Waals surface area contributed by atoms with E-state index in [1.807, 2.05) is 7.11 Å². The van der Waals surface area contributed by atoms with Crippen molar-refractivity contribution in [2.24, 2.45) is 0 Å². The Morgan fingerprint density at radius 3 is 2.33 bits per heavy atom. The first-order valence-electron chi connectivity index (χ1n) is 4.93. The number of rotatable bonds is 8. The van der Waals surface area contributed by atoms with Gasteiger partial charge in [0.1, 0.15) is 0 Å². The summed E-state index contributed by atoms with van der Waals surface area (Å²) in [4.78, 5) is 0. The SMILES string of the molecule is CCCCB(CCCCBr)OC. The molecule has 0 aromatic carbocycles. The molecule has 0 spiro atoms. The second-order valence-electron chi connectivity index (χ2n) is 3.18. The molecule has 3 heteroatoms. The fraction of sp³-hybridized carbons (Fsp3) is 1.00. The summed E-state index contributed by atoms with van der Waals surface area (Å²) >= 11 is 3.43. The molecule has 0 aromatic rings. The van der Waals surface area contributed by atoms with Gasteiger partial charge in [-0.05, 0) is 19.1 Å². The molecule has 0 aromatic heterocycles. The molecule has 0 amide bonds. The summed E-state index contributed by atoms with van der Waals surface area (Å²) in [5, 5.41) is 1.12. The number of hydrogen-bond donors (Lipinski definition) is 0. The maximum Gasteiger partial charge on any atom is 0.292 e. The van der Waals surface area contributed by atoms with E-state index >= 15 is 0 Å². The number of unbranched alkanes of at least 4 members (excludes halogenated alkanes) is 2. The second-order valence-corrected chi connectivity index (χ2v) is 3.98. The first-order valence-corrected chi connectivity index (χ1v) is 6.06. The zero-order chi connectivity index (χ0) is 9.23. The Hall–Kier alpha value is 0.505. The van der Waals surface area contributed by atoms with Crippen molar-refractivity contribution in [2.45, 2.75) is 45.2 Å². The molecule has 0 bridgehead atoms. The highest BCUT2D eigenvalue weighted by Crippen LogP contribution is 2.10. The van der Waals surface area contributed by atoms with E-state index in [2.05, 4.69) is 22.9 Å². The van der Waals surface area contributed by atoms with Gasteiger partial charge in [0.25, 0.3) is 6.92 Å². The van der Waals surface area contributed by atoms with E-state index in [0.717, 1.165) is 5.33 Å². The van der Waals surface area contributed by atoms with Crippen molar-refractivity contribution >= 4 is 22.8 Å². The molecule has 72 valence electrons. The lowest BCUT2D eigenvalue weighted by Gasteiger charge is -2.09. The Morgan fingerprint density at radius 1 is 1.17 bits per heavy atom. The zero-order valence-electron chi connectivity index (χ0n) is 8.31. The van der Waals surface area contributed by atoms with Gasteiger partial charge >= 0.3 is 0 Å². The summed E-state index contributed by atoms with van der Waals surface area (Å²) < 4.78 is 5.38. The van der Waals surface area contributed by atoms with Crippen LogP contribution in [0.15, 0.2) is 0 Å². The largest absolute Gasteiger partial charge is 0.439 e. The second kappa shape index (κ2) is 9.59. The van der Waals surface area contributed by atoms with Crippen LogP contribution in [0.4, 0.5) is 0 Å². The molecule has 0 aliphatic heterocycles. The fourth-order valence-corrected chi connectivity index (χ4v) is 1.67. The van der Waals surface area contributed by atoms with Crippen molar-refractivity contribution in [2.75, 3.05) is 12.4 Å². The van der Waals surface area contributed by atoms with Gasteiger partial charge in [-0.25, -0.2) is 0 Å². The lowest BCUT2D eigenvalue weighted by Crippen LogP contribution is -2.14. The van der Waals surface area contributed by atoms with Crippen molar-refractivity contribution in [3.8, 4) is 0 Å². The Morgan fingerprint density at radius 2 is 1.83 bits per heavy atom. The van der Waals surface area contributed by atoms with Gasteiger partial charge in [0, 0.05) is 12.4 Å². The van der Waals surface area contributed by atoms with Crippen molar-refractivity contribution < 1.29 is 4.65 Å². The molecular formula is C9H20BBrO. The summed E-state index contributed by atoms with van der Waals surface area (Å²) in [6, 6.07) is 0. The van der Waals surface area contributed by atoms with Crippen molar-refractivity contribution in [3.05, 3.63) is 0 Å². The van der Waals surface area contributed by atoms with Crippen LogP contribution in [0.5, 0.6) is 0 Å². The quantitative estimate of drug-likeness (QED) is 0.354. The minimum atomic E-state index is 0.504. The summed E-state index contributed by atoms with van der Waals surface area (Å²) in [6.45, 7) is 2.73. The molecule has 0 N–H and O–H groups in total. The molecule has 0 saturated heterocycles. The highest BCUT2D eigenvalue weighted by Gasteiger charge is 2.11. The van der Waals surface area contributed by atoms with Crippen LogP contribution in [0.3, 0.4) is 0 Å². The smallest absolute Gasteiger partial charge is 0.292 e. The van der Waals surface area contributed by atoms with Gasteiger partial charge in [-0.2, -0.15) is 0 Å². The Kier molecular flexibility index (Phi) is 10.00. The van der Waals surface area contributed by atoms with E-state index in [-0.39, 0.29) is 0 Å². The Labute approximate surface area is 85.5 Å². The monoisotopic (exact) mass is 234 g/mol. The van der Waals surface area contributed by atoms with Gasteiger partial charge in [-0.1, -0.05) is 42.1 Å². The van der Waals surface area contributed by atoms with E-state index in [9.17, 15) is 0 Å². The summed E-state index contributed by atoms with van der Waals surface area (Å²) in [5.74, 6) is 0. The third-order valence-corrected chi connectivity index (χ3v) is 2.68. The molecule has 0 radical (unpaired) electrons. The van der Waals surface area contributed by atoms with Gasteiger partial charge in [0.15, 0.2) is 0 Å². The zero-order valence-corrected chi connectivity index (χ0v) is 9.90. The van der Waals surface area contributed by atoms with Gasteiger partial charge in [0.05, 0.1) is 0 Å². The van der Waals surface area contributed by atoms with Crippen LogP contribution >= 0.6 is 15.9 Å². The van der Waals surface area contributed by atoms with Crippen molar-refractivity contribution in [1.29, 1.82) is 0 Å². The van der Waals surface area contributed by atoms with Crippen LogP contribution in [-0.4, -0.2) is 19.4 Å². The van der Waals surface area contributed by atoms with E-state index in [4.69, 9.17) is 4.65 Å². The normalized spacial score (nSPS) is 10.2. The number of hydrogen-bond acceptors (Lipinski definition) is 1. The van der Waals surface area contributed by atoms with Crippen molar-refractivity contribution in [1.82, 2.24) is 0 Å². The molecule has 12 heavy (non-hydrogen) atoms. The summed E-state index contributed by atoms with van der Waals surface area (Å²) in [6.07, 6.45) is 7.59.